The molecule has 1 saturated carbocycles. The van der Waals surface area contributed by atoms with Crippen LogP contribution in [0, 0.1) is 12.7 Å². The second-order valence-corrected chi connectivity index (χ2v) is 9.58. The normalized spacial score (nSPS) is 13.9. The Labute approximate surface area is 184 Å². The van der Waals surface area contributed by atoms with Crippen molar-refractivity contribution in [3.05, 3.63) is 77.9 Å². The minimum Gasteiger partial charge on any atom is -0.349 e. The number of hydrogen-bond acceptors (Lipinski definition) is 5. The number of hydrogen-bond donors (Lipinski definition) is 1. The predicted molar refractivity (Wildman–Crippen MR) is 117 cm³/mol. The van der Waals surface area contributed by atoms with Gasteiger partial charge in [-0.15, -0.1) is 0 Å². The Morgan fingerprint density at radius 1 is 1.12 bits per heavy atom. The first-order chi connectivity index (χ1) is 15.3. The average Bonchev–Trinajstić information content (AvgIpc) is 3.50. The van der Waals surface area contributed by atoms with Crippen molar-refractivity contribution in [2.75, 3.05) is 0 Å². The molecule has 0 bridgehead atoms. The first-order valence-electron chi connectivity index (χ1n) is 10.1. The van der Waals surface area contributed by atoms with Crippen molar-refractivity contribution in [1.82, 2.24) is 19.5 Å². The zero-order chi connectivity index (χ0) is 22.5. The molecule has 0 radical (unpaired) electrons. The molecule has 1 amide bonds. The Morgan fingerprint density at radius 3 is 2.59 bits per heavy atom. The second kappa shape index (κ2) is 7.52. The zero-order valence-corrected chi connectivity index (χ0v) is 17.9. The Hall–Kier alpha value is -3.59. The van der Waals surface area contributed by atoms with E-state index in [-0.39, 0.29) is 22.4 Å². The van der Waals surface area contributed by atoms with Gasteiger partial charge in [0, 0.05) is 22.6 Å². The quantitative estimate of drug-likeness (QED) is 0.501. The summed E-state index contributed by atoms with van der Waals surface area (Å²) >= 11 is 0. The highest BCUT2D eigenvalue weighted by molar-refractivity contribution is 7.90. The first kappa shape index (κ1) is 20.3. The fourth-order valence-electron chi connectivity index (χ4n) is 3.51. The number of aromatic nitrogens is 3. The minimum atomic E-state index is -3.89. The predicted octanol–water partition coefficient (Wildman–Crippen LogP) is 3.68. The lowest BCUT2D eigenvalue weighted by Gasteiger charge is -2.11. The summed E-state index contributed by atoms with van der Waals surface area (Å²) in [6, 6.07) is 12.6. The lowest BCUT2D eigenvalue weighted by Crippen LogP contribution is -2.25. The molecule has 4 aromatic rings. The van der Waals surface area contributed by atoms with Gasteiger partial charge in [-0.05, 0) is 55.7 Å². The van der Waals surface area contributed by atoms with Crippen LogP contribution < -0.4 is 5.32 Å². The number of amides is 1. The minimum absolute atomic E-state index is 0.112. The zero-order valence-electron chi connectivity index (χ0n) is 17.1. The van der Waals surface area contributed by atoms with Gasteiger partial charge >= 0.3 is 0 Å². The molecule has 2 aromatic heterocycles. The molecule has 32 heavy (non-hydrogen) atoms. The molecule has 0 atom stereocenters. The molecular weight excluding hydrogens is 431 g/mol. The number of carbonyl (C=O) groups is 1. The Balaban J connectivity index is 1.57. The Bertz CT molecular complexity index is 1460. The highest BCUT2D eigenvalue weighted by atomic mass is 32.2. The Morgan fingerprint density at radius 2 is 1.88 bits per heavy atom. The molecule has 1 aliphatic carbocycles. The van der Waals surface area contributed by atoms with Crippen molar-refractivity contribution in [2.24, 2.45) is 0 Å². The van der Waals surface area contributed by atoms with E-state index in [1.807, 2.05) is 0 Å². The summed E-state index contributed by atoms with van der Waals surface area (Å²) < 4.78 is 41.4. The molecule has 9 heteroatoms. The van der Waals surface area contributed by atoms with Gasteiger partial charge in [0.15, 0.2) is 0 Å². The summed E-state index contributed by atoms with van der Waals surface area (Å²) in [5.41, 5.74) is 1.76. The highest BCUT2D eigenvalue weighted by Gasteiger charge is 2.25. The molecule has 2 heterocycles. The fourth-order valence-corrected chi connectivity index (χ4v) is 4.79. The molecule has 162 valence electrons. The van der Waals surface area contributed by atoms with E-state index in [0.29, 0.717) is 27.7 Å². The van der Waals surface area contributed by atoms with Crippen LogP contribution in [-0.4, -0.2) is 34.5 Å². The van der Waals surface area contributed by atoms with Gasteiger partial charge in [0.1, 0.15) is 11.3 Å². The standard InChI is InChI=1S/C23H19FN4O3S/c1-14-19(9-15(10-20(14)24)23(29)27-17-7-8-17)21-11-16-12-26-28(22(16)13-25-21)32(30,31)18-5-3-2-4-6-18/h2-6,9-13,17H,7-8H2,1H3,(H,27,29). The van der Waals surface area contributed by atoms with Crippen molar-refractivity contribution < 1.29 is 17.6 Å². The van der Waals surface area contributed by atoms with Gasteiger partial charge in [0.25, 0.3) is 15.9 Å². The van der Waals surface area contributed by atoms with Crippen LogP contribution in [-0.2, 0) is 10.0 Å². The van der Waals surface area contributed by atoms with E-state index in [2.05, 4.69) is 15.4 Å². The van der Waals surface area contributed by atoms with E-state index >= 15 is 0 Å². The number of nitrogens with one attached hydrogen (secondary N) is 1. The van der Waals surface area contributed by atoms with Crippen LogP contribution in [0.25, 0.3) is 22.2 Å². The van der Waals surface area contributed by atoms with Gasteiger partial charge in [0.2, 0.25) is 0 Å². The van der Waals surface area contributed by atoms with Gasteiger partial charge in [-0.25, -0.2) is 4.39 Å². The number of benzene rings is 2. The molecule has 0 spiro atoms. The van der Waals surface area contributed by atoms with Gasteiger partial charge in [0.05, 0.1) is 23.0 Å². The van der Waals surface area contributed by atoms with E-state index in [9.17, 15) is 17.6 Å². The summed E-state index contributed by atoms with van der Waals surface area (Å²) in [6.07, 6.45) is 4.69. The third-order valence-electron chi connectivity index (χ3n) is 5.49. The van der Waals surface area contributed by atoms with Crippen LogP contribution in [0.3, 0.4) is 0 Å². The SMILES string of the molecule is Cc1c(F)cc(C(=O)NC2CC2)cc1-c1cc2cnn(S(=O)(=O)c3ccccc3)c2cn1. The lowest BCUT2D eigenvalue weighted by atomic mass is 10.00. The Kier molecular flexibility index (Phi) is 4.78. The van der Waals surface area contributed by atoms with Crippen molar-refractivity contribution in [3.8, 4) is 11.3 Å². The van der Waals surface area contributed by atoms with Gasteiger partial charge < -0.3 is 5.32 Å². The first-order valence-corrected chi connectivity index (χ1v) is 11.5. The maximum absolute atomic E-state index is 14.6. The molecule has 1 aliphatic rings. The third kappa shape index (κ3) is 3.54. The monoisotopic (exact) mass is 450 g/mol. The molecular formula is C23H19FN4O3S. The largest absolute Gasteiger partial charge is 0.349 e. The number of carbonyl (C=O) groups excluding carboxylic acids is 1. The van der Waals surface area contributed by atoms with E-state index in [0.717, 1.165) is 16.9 Å². The van der Waals surface area contributed by atoms with Gasteiger partial charge in [-0.3, -0.25) is 9.78 Å². The molecule has 5 rings (SSSR count). The topological polar surface area (TPSA) is 94.0 Å². The van der Waals surface area contributed by atoms with E-state index in [1.54, 1.807) is 37.3 Å². The molecule has 1 N–H and O–H groups in total. The van der Waals surface area contributed by atoms with E-state index in [1.165, 1.54) is 30.6 Å². The molecule has 7 nitrogen and oxygen atoms in total. The number of nitrogens with zero attached hydrogens (tertiary/aromatic N) is 3. The van der Waals surface area contributed by atoms with Gasteiger partial charge in [-0.1, -0.05) is 18.2 Å². The summed E-state index contributed by atoms with van der Waals surface area (Å²) in [4.78, 5) is 16.9. The lowest BCUT2D eigenvalue weighted by molar-refractivity contribution is 0.0950. The van der Waals surface area contributed by atoms with Crippen LogP contribution in [0.4, 0.5) is 4.39 Å². The number of fused-ring (bicyclic) bond motifs is 1. The summed E-state index contributed by atoms with van der Waals surface area (Å²) in [6.45, 7) is 1.61. The summed E-state index contributed by atoms with van der Waals surface area (Å²) in [5.74, 6) is -0.830. The van der Waals surface area contributed by atoms with Crippen LogP contribution in [0.5, 0.6) is 0 Å². The fraction of sp³-hybridized carbons (Fsp3) is 0.174. The molecule has 0 unspecified atom stereocenters. The summed E-state index contributed by atoms with van der Waals surface area (Å²) in [7, 11) is -3.89. The van der Waals surface area contributed by atoms with Crippen LogP contribution >= 0.6 is 0 Å². The van der Waals surface area contributed by atoms with Gasteiger partial charge in [-0.2, -0.15) is 17.6 Å². The van der Waals surface area contributed by atoms with E-state index in [4.69, 9.17) is 0 Å². The number of rotatable bonds is 5. The van der Waals surface area contributed by atoms with Crippen LogP contribution in [0.15, 0.2) is 65.8 Å². The van der Waals surface area contributed by atoms with Crippen molar-refractivity contribution in [1.29, 1.82) is 0 Å². The van der Waals surface area contributed by atoms with Crippen molar-refractivity contribution >= 4 is 26.8 Å². The molecule has 0 saturated heterocycles. The van der Waals surface area contributed by atoms with Crippen LogP contribution in [0.2, 0.25) is 0 Å². The molecule has 0 aliphatic heterocycles. The highest BCUT2D eigenvalue weighted by Crippen LogP contribution is 2.29. The molecule has 1 fully saturated rings. The van der Waals surface area contributed by atoms with Crippen LogP contribution in [0.1, 0.15) is 28.8 Å². The van der Waals surface area contributed by atoms with Crippen molar-refractivity contribution in [3.63, 3.8) is 0 Å². The maximum Gasteiger partial charge on any atom is 0.283 e. The maximum atomic E-state index is 14.6. The van der Waals surface area contributed by atoms with E-state index < -0.39 is 15.8 Å². The average molecular weight is 450 g/mol. The smallest absolute Gasteiger partial charge is 0.283 e. The number of pyridine rings is 1. The number of halogens is 1. The second-order valence-electron chi connectivity index (χ2n) is 7.81. The molecule has 2 aromatic carbocycles. The third-order valence-corrected chi connectivity index (χ3v) is 7.10. The summed E-state index contributed by atoms with van der Waals surface area (Å²) in [5, 5.41) is 7.44. The van der Waals surface area contributed by atoms with Crippen molar-refractivity contribution in [2.45, 2.75) is 30.7 Å².